The minimum Gasteiger partial charge on any atom is -0.385 e. The van der Waals surface area contributed by atoms with Gasteiger partial charge in [0, 0.05) is 23.3 Å². The number of sulfonamides is 1. The summed E-state index contributed by atoms with van der Waals surface area (Å²) in [7, 11) is -3.34. The number of fused-ring (bicyclic) bond motifs is 1. The van der Waals surface area contributed by atoms with Crippen molar-refractivity contribution in [3.63, 3.8) is 0 Å². The summed E-state index contributed by atoms with van der Waals surface area (Å²) >= 11 is 6.01. The molecule has 0 spiro atoms. The molecule has 4 rings (SSSR count). The summed E-state index contributed by atoms with van der Waals surface area (Å²) in [5, 5.41) is 3.88. The number of rotatable bonds is 6. The first-order valence-corrected chi connectivity index (χ1v) is 13.8. The van der Waals surface area contributed by atoms with Crippen LogP contribution in [-0.4, -0.2) is 37.6 Å². The van der Waals surface area contributed by atoms with Crippen molar-refractivity contribution in [3.05, 3.63) is 58.1 Å². The monoisotopic (exact) mass is 517 g/mol. The number of nitrogens with one attached hydrogen (secondary N) is 2. The number of amides is 2. The Labute approximate surface area is 212 Å². The van der Waals surface area contributed by atoms with Crippen LogP contribution in [0.2, 0.25) is 5.02 Å². The highest BCUT2D eigenvalue weighted by Crippen LogP contribution is 2.33. The van der Waals surface area contributed by atoms with Gasteiger partial charge in [0.2, 0.25) is 10.0 Å². The molecular formula is C26H32ClN3O4S. The van der Waals surface area contributed by atoms with Gasteiger partial charge in [-0.05, 0) is 101 Å². The molecule has 2 amide bonds. The summed E-state index contributed by atoms with van der Waals surface area (Å²) < 4.78 is 26.9. The minimum absolute atomic E-state index is 0.00783. The maximum atomic E-state index is 12.9. The third kappa shape index (κ3) is 5.25. The van der Waals surface area contributed by atoms with Crippen LogP contribution in [0.25, 0.3) is 0 Å². The highest BCUT2D eigenvalue weighted by atomic mass is 35.5. The fourth-order valence-corrected chi connectivity index (χ4v) is 5.79. The van der Waals surface area contributed by atoms with Crippen LogP contribution >= 0.6 is 11.6 Å². The summed E-state index contributed by atoms with van der Waals surface area (Å²) in [6.07, 6.45) is 3.53. The molecule has 9 heteroatoms. The molecule has 1 fully saturated rings. The van der Waals surface area contributed by atoms with E-state index in [1.165, 1.54) is 11.0 Å². The van der Waals surface area contributed by atoms with E-state index in [2.05, 4.69) is 10.0 Å². The molecule has 1 aliphatic heterocycles. The molecule has 2 aromatic carbocycles. The molecule has 2 N–H and O–H groups in total. The molecule has 35 heavy (non-hydrogen) atoms. The van der Waals surface area contributed by atoms with Gasteiger partial charge in [0.05, 0.1) is 21.6 Å². The van der Waals surface area contributed by atoms with E-state index in [-0.39, 0.29) is 17.9 Å². The Morgan fingerprint density at radius 3 is 2.26 bits per heavy atom. The minimum atomic E-state index is -3.34. The summed E-state index contributed by atoms with van der Waals surface area (Å²) in [4.78, 5) is 27.0. The third-order valence-electron chi connectivity index (χ3n) is 6.86. The van der Waals surface area contributed by atoms with Crippen molar-refractivity contribution in [2.45, 2.75) is 64.2 Å². The lowest BCUT2D eigenvalue weighted by atomic mass is 9.86. The number of carbonyl (C=O) groups is 2. The lowest BCUT2D eigenvalue weighted by Gasteiger charge is -2.31. The average molecular weight is 518 g/mol. The lowest BCUT2D eigenvalue weighted by molar-refractivity contribution is 0.0926. The molecular weight excluding hydrogens is 486 g/mol. The van der Waals surface area contributed by atoms with Gasteiger partial charge in [0.1, 0.15) is 0 Å². The summed E-state index contributed by atoms with van der Waals surface area (Å²) in [6, 6.07) is 10.3. The number of anilines is 2. The first kappa shape index (κ1) is 25.7. The maximum Gasteiger partial charge on any atom is 0.266 e. The Hall–Kier alpha value is -2.42. The van der Waals surface area contributed by atoms with E-state index in [1.807, 2.05) is 19.1 Å². The summed E-state index contributed by atoms with van der Waals surface area (Å²) in [5.74, 6) is -0.258. The number of hydrogen-bond acceptors (Lipinski definition) is 5. The molecule has 0 radical (unpaired) electrons. The Morgan fingerprint density at radius 2 is 1.63 bits per heavy atom. The van der Waals surface area contributed by atoms with Crippen LogP contribution in [0.4, 0.5) is 11.4 Å². The predicted octanol–water partition coefficient (Wildman–Crippen LogP) is 5.14. The van der Waals surface area contributed by atoms with E-state index in [0.29, 0.717) is 27.8 Å². The van der Waals surface area contributed by atoms with Gasteiger partial charge in [0.25, 0.3) is 11.8 Å². The van der Waals surface area contributed by atoms with E-state index in [0.717, 1.165) is 43.5 Å². The molecule has 0 bridgehead atoms. The van der Waals surface area contributed by atoms with Crippen molar-refractivity contribution in [2.75, 3.05) is 16.8 Å². The molecule has 1 aliphatic carbocycles. The van der Waals surface area contributed by atoms with Crippen LogP contribution in [0.5, 0.6) is 0 Å². The predicted molar refractivity (Wildman–Crippen MR) is 140 cm³/mol. The van der Waals surface area contributed by atoms with Crippen molar-refractivity contribution in [1.82, 2.24) is 4.72 Å². The van der Waals surface area contributed by atoms with Gasteiger partial charge in [-0.3, -0.25) is 9.59 Å². The van der Waals surface area contributed by atoms with E-state index < -0.39 is 14.8 Å². The van der Waals surface area contributed by atoms with Crippen molar-refractivity contribution >= 4 is 44.8 Å². The lowest BCUT2D eigenvalue weighted by Crippen LogP contribution is -2.46. The van der Waals surface area contributed by atoms with Crippen LogP contribution in [-0.2, 0) is 10.0 Å². The van der Waals surface area contributed by atoms with Gasteiger partial charge >= 0.3 is 0 Å². The zero-order valence-corrected chi connectivity index (χ0v) is 22.1. The molecule has 1 saturated carbocycles. The smallest absolute Gasteiger partial charge is 0.266 e. The van der Waals surface area contributed by atoms with Crippen molar-refractivity contribution in [3.8, 4) is 0 Å². The summed E-state index contributed by atoms with van der Waals surface area (Å²) in [6.45, 7) is 7.79. The van der Waals surface area contributed by atoms with Gasteiger partial charge in [-0.25, -0.2) is 18.0 Å². The Morgan fingerprint density at radius 1 is 0.971 bits per heavy atom. The molecule has 0 aromatic heterocycles. The highest BCUT2D eigenvalue weighted by Gasteiger charge is 2.37. The molecule has 7 nitrogen and oxygen atoms in total. The second kappa shape index (κ2) is 9.56. The standard InChI is InChI=1S/C26H32ClN3O4S/c1-16-13-20(28-15-17-5-8-19(9-6-17)29-35(33,34)26(2,3)4)10-12-23(16)30-24(31)21-11-7-18(27)14-22(21)25(30)32/h7,10-14,17,19,28-29H,5-6,8-9,15H2,1-4H3. The first-order valence-electron chi connectivity index (χ1n) is 11.9. The van der Waals surface area contributed by atoms with Crippen LogP contribution in [0.3, 0.4) is 0 Å². The first-order chi connectivity index (χ1) is 16.4. The second-order valence-electron chi connectivity index (χ2n) is 10.5. The highest BCUT2D eigenvalue weighted by molar-refractivity contribution is 7.90. The Kier molecular flexibility index (Phi) is 7.01. The van der Waals surface area contributed by atoms with E-state index in [9.17, 15) is 18.0 Å². The van der Waals surface area contributed by atoms with Crippen molar-refractivity contribution < 1.29 is 18.0 Å². The molecule has 2 aromatic rings. The zero-order valence-electron chi connectivity index (χ0n) is 20.5. The molecule has 1 heterocycles. The fourth-order valence-electron chi connectivity index (χ4n) is 4.59. The van der Waals surface area contributed by atoms with Gasteiger partial charge in [-0.2, -0.15) is 0 Å². The quantitative estimate of drug-likeness (QED) is 0.517. The largest absolute Gasteiger partial charge is 0.385 e. The number of aryl methyl sites for hydroxylation is 1. The van der Waals surface area contributed by atoms with E-state index in [4.69, 9.17) is 11.6 Å². The third-order valence-corrected chi connectivity index (χ3v) is 9.35. The number of imide groups is 1. The Bertz CT molecular complexity index is 1260. The maximum absolute atomic E-state index is 12.9. The topological polar surface area (TPSA) is 95.6 Å². The molecule has 0 saturated heterocycles. The average Bonchev–Trinajstić information content (AvgIpc) is 3.02. The Balaban J connectivity index is 1.35. The number of benzene rings is 2. The zero-order chi connectivity index (χ0) is 25.5. The van der Waals surface area contributed by atoms with Crippen molar-refractivity contribution in [1.29, 1.82) is 0 Å². The molecule has 2 aliphatic rings. The van der Waals surface area contributed by atoms with Crippen LogP contribution < -0.4 is 14.9 Å². The van der Waals surface area contributed by atoms with Gasteiger partial charge in [-0.1, -0.05) is 11.6 Å². The molecule has 188 valence electrons. The normalized spacial score (nSPS) is 20.8. The SMILES string of the molecule is Cc1cc(NCC2CCC(NS(=O)(=O)C(C)(C)C)CC2)ccc1N1C(=O)c2ccc(Cl)cc2C1=O. The number of halogens is 1. The fraction of sp³-hybridized carbons (Fsp3) is 0.462. The van der Waals surface area contributed by atoms with Gasteiger partial charge < -0.3 is 5.32 Å². The number of nitrogens with zero attached hydrogens (tertiary/aromatic N) is 1. The molecule has 0 unspecified atom stereocenters. The summed E-state index contributed by atoms with van der Waals surface area (Å²) in [5.41, 5.74) is 2.98. The molecule has 0 atom stereocenters. The van der Waals surface area contributed by atoms with Crippen molar-refractivity contribution in [2.24, 2.45) is 5.92 Å². The second-order valence-corrected chi connectivity index (χ2v) is 13.4. The van der Waals surface area contributed by atoms with Gasteiger partial charge in [-0.15, -0.1) is 0 Å². The van der Waals surface area contributed by atoms with Gasteiger partial charge in [0.15, 0.2) is 0 Å². The van der Waals surface area contributed by atoms with Crippen LogP contribution in [0.1, 0.15) is 72.7 Å². The van der Waals surface area contributed by atoms with E-state index >= 15 is 0 Å². The van der Waals surface area contributed by atoms with Crippen LogP contribution in [0, 0.1) is 12.8 Å². The van der Waals surface area contributed by atoms with E-state index in [1.54, 1.807) is 39.0 Å². The van der Waals surface area contributed by atoms with Crippen LogP contribution in [0.15, 0.2) is 36.4 Å². The number of hydrogen-bond donors (Lipinski definition) is 2. The number of carbonyl (C=O) groups excluding carboxylic acids is 2.